The molecule has 0 spiro atoms. The van der Waals surface area contributed by atoms with Gasteiger partial charge in [-0.05, 0) is 36.1 Å². The summed E-state index contributed by atoms with van der Waals surface area (Å²) in [4.78, 5) is 19.8. The summed E-state index contributed by atoms with van der Waals surface area (Å²) in [6.07, 6.45) is 3.30. The lowest BCUT2D eigenvalue weighted by Crippen LogP contribution is -2.44. The highest BCUT2D eigenvalue weighted by atomic mass is 16.2. The molecule has 1 aliphatic rings. The number of carbonyl (C=O) groups is 1. The number of nitrogens with zero attached hydrogens (tertiary/aromatic N) is 3. The van der Waals surface area contributed by atoms with Crippen molar-refractivity contribution in [3.05, 3.63) is 95.7 Å². The molecule has 150 valence electrons. The van der Waals surface area contributed by atoms with Crippen LogP contribution >= 0.6 is 0 Å². The number of likely N-dealkylation sites (tertiary alicyclic amines) is 1. The van der Waals surface area contributed by atoms with Gasteiger partial charge in [0.25, 0.3) is 0 Å². The van der Waals surface area contributed by atoms with Crippen LogP contribution in [0.25, 0.3) is 0 Å². The molecule has 2 aromatic carbocycles. The van der Waals surface area contributed by atoms with Crippen molar-refractivity contribution in [1.29, 1.82) is 5.26 Å². The molecule has 1 amide bonds. The Hall–Kier alpha value is -3.65. The summed E-state index contributed by atoms with van der Waals surface area (Å²) in [6.45, 7) is 1.42. The van der Waals surface area contributed by atoms with E-state index in [9.17, 15) is 4.79 Å². The quantitative estimate of drug-likeness (QED) is 0.702. The monoisotopic (exact) mass is 396 g/mol. The number of carbonyl (C=O) groups excluding carboxylic acids is 1. The smallest absolute Gasteiger partial charge is 0.234 e. The second-order valence-corrected chi connectivity index (χ2v) is 7.54. The summed E-state index contributed by atoms with van der Waals surface area (Å²) in [5, 5.41) is 12.3. The Morgan fingerprint density at radius 1 is 0.967 bits per heavy atom. The second-order valence-electron chi connectivity index (χ2n) is 7.54. The van der Waals surface area contributed by atoms with Crippen molar-refractivity contribution >= 4 is 11.7 Å². The molecule has 5 heteroatoms. The maximum absolute atomic E-state index is 13.5. The van der Waals surface area contributed by atoms with Gasteiger partial charge in [0, 0.05) is 25.3 Å². The number of pyridine rings is 1. The fourth-order valence-corrected chi connectivity index (χ4v) is 3.95. The minimum atomic E-state index is -0.280. The van der Waals surface area contributed by atoms with E-state index in [0.717, 1.165) is 29.8 Å². The van der Waals surface area contributed by atoms with Gasteiger partial charge in [0.15, 0.2) is 0 Å². The summed E-state index contributed by atoms with van der Waals surface area (Å²) in [6, 6.07) is 25.9. The molecule has 1 aromatic heterocycles. The summed E-state index contributed by atoms with van der Waals surface area (Å²) in [5.74, 6) is 0.643. The zero-order chi connectivity index (χ0) is 20.8. The van der Waals surface area contributed by atoms with E-state index in [2.05, 4.69) is 16.4 Å². The summed E-state index contributed by atoms with van der Waals surface area (Å²) >= 11 is 0. The highest BCUT2D eigenvalue weighted by Crippen LogP contribution is 2.28. The van der Waals surface area contributed by atoms with Crippen molar-refractivity contribution in [2.24, 2.45) is 0 Å². The van der Waals surface area contributed by atoms with Gasteiger partial charge in [-0.25, -0.2) is 4.98 Å². The van der Waals surface area contributed by atoms with Gasteiger partial charge < -0.3 is 10.2 Å². The van der Waals surface area contributed by atoms with Gasteiger partial charge in [-0.15, -0.1) is 0 Å². The van der Waals surface area contributed by atoms with Crippen molar-refractivity contribution in [1.82, 2.24) is 9.88 Å². The number of nitriles is 1. The third-order valence-electron chi connectivity index (χ3n) is 5.56. The first kappa shape index (κ1) is 19.7. The average molecular weight is 396 g/mol. The fraction of sp³-hybridized carbons (Fsp3) is 0.240. The maximum atomic E-state index is 13.5. The fourth-order valence-electron chi connectivity index (χ4n) is 3.95. The van der Waals surface area contributed by atoms with Gasteiger partial charge in [0.05, 0.1) is 11.5 Å². The first-order valence-electron chi connectivity index (χ1n) is 10.3. The Labute approximate surface area is 177 Å². The number of amides is 1. The van der Waals surface area contributed by atoms with Crippen LogP contribution in [-0.4, -0.2) is 34.9 Å². The van der Waals surface area contributed by atoms with Crippen LogP contribution in [0.4, 0.5) is 5.82 Å². The zero-order valence-electron chi connectivity index (χ0n) is 16.7. The number of piperidine rings is 1. The molecule has 1 saturated heterocycles. The second kappa shape index (κ2) is 9.23. The zero-order valence-corrected chi connectivity index (χ0v) is 16.7. The van der Waals surface area contributed by atoms with Crippen LogP contribution in [0.5, 0.6) is 0 Å². The van der Waals surface area contributed by atoms with E-state index in [0.29, 0.717) is 18.7 Å². The number of anilines is 1. The predicted octanol–water partition coefficient (Wildman–Crippen LogP) is 4.19. The summed E-state index contributed by atoms with van der Waals surface area (Å²) in [5.41, 5.74) is 2.60. The van der Waals surface area contributed by atoms with E-state index in [-0.39, 0.29) is 17.9 Å². The van der Waals surface area contributed by atoms with E-state index in [1.165, 1.54) is 0 Å². The molecule has 0 unspecified atom stereocenters. The Morgan fingerprint density at radius 2 is 1.57 bits per heavy atom. The third-order valence-corrected chi connectivity index (χ3v) is 5.56. The lowest BCUT2D eigenvalue weighted by Gasteiger charge is -2.35. The molecule has 1 aliphatic heterocycles. The number of rotatable bonds is 5. The molecule has 5 nitrogen and oxygen atoms in total. The average Bonchev–Trinajstić information content (AvgIpc) is 2.81. The van der Waals surface area contributed by atoms with Crippen LogP contribution in [0.15, 0.2) is 79.0 Å². The molecular formula is C25H24N4O. The Kier molecular flexibility index (Phi) is 6.05. The van der Waals surface area contributed by atoms with E-state index in [4.69, 9.17) is 5.26 Å². The standard InChI is InChI=1S/C25H24N4O/c26-17-19-11-12-23(27-18-19)28-22-13-15-29(16-14-22)25(30)24(20-7-3-1-4-8-20)21-9-5-2-6-10-21/h1-12,18,22,24H,13-16H2,(H,27,28). The highest BCUT2D eigenvalue weighted by molar-refractivity contribution is 5.87. The number of benzene rings is 2. The molecule has 30 heavy (non-hydrogen) atoms. The highest BCUT2D eigenvalue weighted by Gasteiger charge is 2.30. The third kappa shape index (κ3) is 4.49. The molecular weight excluding hydrogens is 372 g/mol. The number of hydrogen-bond acceptors (Lipinski definition) is 4. The number of hydrogen-bond donors (Lipinski definition) is 1. The van der Waals surface area contributed by atoms with Gasteiger partial charge in [-0.1, -0.05) is 60.7 Å². The van der Waals surface area contributed by atoms with Gasteiger partial charge >= 0.3 is 0 Å². The van der Waals surface area contributed by atoms with Gasteiger partial charge in [-0.2, -0.15) is 5.26 Å². The largest absolute Gasteiger partial charge is 0.367 e. The van der Waals surface area contributed by atoms with Gasteiger partial charge in [-0.3, -0.25) is 4.79 Å². The molecule has 0 saturated carbocycles. The molecule has 0 aliphatic carbocycles. The summed E-state index contributed by atoms with van der Waals surface area (Å²) in [7, 11) is 0. The van der Waals surface area contributed by atoms with Crippen molar-refractivity contribution < 1.29 is 4.79 Å². The minimum Gasteiger partial charge on any atom is -0.367 e. The number of nitrogens with one attached hydrogen (secondary N) is 1. The lowest BCUT2D eigenvalue weighted by atomic mass is 9.89. The normalized spacial score (nSPS) is 14.3. The molecule has 0 atom stereocenters. The van der Waals surface area contributed by atoms with Gasteiger partial charge in [0.2, 0.25) is 5.91 Å². The Bertz CT molecular complexity index is 965. The van der Waals surface area contributed by atoms with Crippen molar-refractivity contribution in [3.8, 4) is 6.07 Å². The topological polar surface area (TPSA) is 69.0 Å². The Balaban J connectivity index is 1.43. The SMILES string of the molecule is N#Cc1ccc(NC2CCN(C(=O)C(c3ccccc3)c3ccccc3)CC2)nc1. The van der Waals surface area contributed by atoms with Crippen LogP contribution in [0.3, 0.4) is 0 Å². The molecule has 1 N–H and O–H groups in total. The van der Waals surface area contributed by atoms with Crippen LogP contribution in [-0.2, 0) is 4.79 Å². The first-order chi connectivity index (χ1) is 14.7. The van der Waals surface area contributed by atoms with Gasteiger partial charge in [0.1, 0.15) is 11.9 Å². The minimum absolute atomic E-state index is 0.155. The van der Waals surface area contributed by atoms with Crippen LogP contribution < -0.4 is 5.32 Å². The molecule has 0 radical (unpaired) electrons. The molecule has 3 aromatic rings. The molecule has 1 fully saturated rings. The van der Waals surface area contributed by atoms with Crippen LogP contribution in [0.2, 0.25) is 0 Å². The number of aromatic nitrogens is 1. The molecule has 0 bridgehead atoms. The van der Waals surface area contributed by atoms with Crippen molar-refractivity contribution in [2.45, 2.75) is 24.8 Å². The van der Waals surface area contributed by atoms with E-state index < -0.39 is 0 Å². The maximum Gasteiger partial charge on any atom is 0.234 e. The van der Waals surface area contributed by atoms with Crippen molar-refractivity contribution in [2.75, 3.05) is 18.4 Å². The van der Waals surface area contributed by atoms with E-state index in [1.54, 1.807) is 12.3 Å². The van der Waals surface area contributed by atoms with E-state index in [1.807, 2.05) is 71.6 Å². The molecule has 4 rings (SSSR count). The van der Waals surface area contributed by atoms with Crippen LogP contribution in [0, 0.1) is 11.3 Å². The lowest BCUT2D eigenvalue weighted by molar-refractivity contribution is -0.132. The molecule has 2 heterocycles. The Morgan fingerprint density at radius 3 is 2.07 bits per heavy atom. The van der Waals surface area contributed by atoms with E-state index >= 15 is 0 Å². The van der Waals surface area contributed by atoms with Crippen molar-refractivity contribution in [3.63, 3.8) is 0 Å². The van der Waals surface area contributed by atoms with Crippen LogP contribution in [0.1, 0.15) is 35.4 Å². The summed E-state index contributed by atoms with van der Waals surface area (Å²) < 4.78 is 0. The first-order valence-corrected chi connectivity index (χ1v) is 10.3. The predicted molar refractivity (Wildman–Crippen MR) is 117 cm³/mol.